The predicted molar refractivity (Wildman–Crippen MR) is 60.2 cm³/mol. The molecule has 80 valence electrons. The Labute approximate surface area is 90.6 Å². The van der Waals surface area contributed by atoms with E-state index in [-0.39, 0.29) is 12.4 Å². The van der Waals surface area contributed by atoms with E-state index in [1.807, 2.05) is 25.1 Å². The maximum absolute atomic E-state index is 5.60. The summed E-state index contributed by atoms with van der Waals surface area (Å²) >= 11 is 0. The van der Waals surface area contributed by atoms with Crippen LogP contribution >= 0.6 is 12.4 Å². The zero-order valence-electron chi connectivity index (χ0n) is 8.45. The van der Waals surface area contributed by atoms with Gasteiger partial charge in [0.1, 0.15) is 12.4 Å². The molecular formula is C10H16ClNO2. The van der Waals surface area contributed by atoms with Crippen LogP contribution in [0.5, 0.6) is 5.75 Å². The number of hydrogen-bond donors (Lipinski definition) is 1. The number of benzene rings is 1. The molecule has 0 unspecified atom stereocenters. The quantitative estimate of drug-likeness (QED) is 0.620. The van der Waals surface area contributed by atoms with Gasteiger partial charge in [0, 0.05) is 12.8 Å². The van der Waals surface area contributed by atoms with Crippen molar-refractivity contribution >= 4 is 18.1 Å². The molecule has 0 atom stereocenters. The second-order valence-electron chi connectivity index (χ2n) is 2.87. The van der Waals surface area contributed by atoms with Gasteiger partial charge >= 0.3 is 0 Å². The molecule has 0 saturated carbocycles. The molecule has 0 aliphatic rings. The van der Waals surface area contributed by atoms with Crippen molar-refractivity contribution in [2.24, 2.45) is 0 Å². The second-order valence-corrected chi connectivity index (χ2v) is 2.87. The van der Waals surface area contributed by atoms with Gasteiger partial charge in [0.25, 0.3) is 0 Å². The lowest BCUT2D eigenvalue weighted by atomic mass is 10.2. The number of nitrogen functional groups attached to an aromatic ring is 1. The van der Waals surface area contributed by atoms with E-state index in [4.69, 9.17) is 15.2 Å². The van der Waals surface area contributed by atoms with Crippen molar-refractivity contribution in [2.75, 3.05) is 26.1 Å². The Bertz CT molecular complexity index is 279. The van der Waals surface area contributed by atoms with E-state index < -0.39 is 0 Å². The van der Waals surface area contributed by atoms with Gasteiger partial charge in [-0.3, -0.25) is 0 Å². The van der Waals surface area contributed by atoms with Crippen LogP contribution in [0, 0.1) is 6.92 Å². The highest BCUT2D eigenvalue weighted by Crippen LogP contribution is 2.19. The Morgan fingerprint density at radius 2 is 2.00 bits per heavy atom. The summed E-state index contributed by atoms with van der Waals surface area (Å²) in [7, 11) is 1.65. The average Bonchev–Trinajstić information content (AvgIpc) is 2.09. The van der Waals surface area contributed by atoms with Crippen LogP contribution in [0.15, 0.2) is 18.2 Å². The zero-order chi connectivity index (χ0) is 9.68. The molecule has 0 aliphatic heterocycles. The monoisotopic (exact) mass is 217 g/mol. The van der Waals surface area contributed by atoms with Crippen LogP contribution in [0.3, 0.4) is 0 Å². The molecule has 0 spiro atoms. The summed E-state index contributed by atoms with van der Waals surface area (Å²) in [4.78, 5) is 0. The number of hydrogen-bond acceptors (Lipinski definition) is 3. The largest absolute Gasteiger partial charge is 0.491 e. The molecule has 2 N–H and O–H groups in total. The van der Waals surface area contributed by atoms with Crippen molar-refractivity contribution < 1.29 is 9.47 Å². The van der Waals surface area contributed by atoms with Gasteiger partial charge in [0.15, 0.2) is 0 Å². The first-order valence-corrected chi connectivity index (χ1v) is 4.22. The summed E-state index contributed by atoms with van der Waals surface area (Å²) in [6.45, 7) is 3.14. The van der Waals surface area contributed by atoms with Gasteiger partial charge < -0.3 is 15.2 Å². The number of rotatable bonds is 4. The van der Waals surface area contributed by atoms with Crippen molar-refractivity contribution in [1.29, 1.82) is 0 Å². The summed E-state index contributed by atoms with van der Waals surface area (Å²) in [5.74, 6) is 0.867. The highest BCUT2D eigenvalue weighted by molar-refractivity contribution is 5.85. The van der Waals surface area contributed by atoms with E-state index in [9.17, 15) is 0 Å². The molecule has 4 heteroatoms. The van der Waals surface area contributed by atoms with Crippen molar-refractivity contribution in [3.8, 4) is 5.75 Å². The first-order valence-electron chi connectivity index (χ1n) is 4.22. The molecule has 0 bridgehead atoms. The second kappa shape index (κ2) is 6.51. The highest BCUT2D eigenvalue weighted by Gasteiger charge is 1.98. The topological polar surface area (TPSA) is 44.5 Å². The molecule has 14 heavy (non-hydrogen) atoms. The fraction of sp³-hybridized carbons (Fsp3) is 0.400. The minimum absolute atomic E-state index is 0. The minimum Gasteiger partial charge on any atom is -0.491 e. The van der Waals surface area contributed by atoms with Crippen molar-refractivity contribution in [1.82, 2.24) is 0 Å². The van der Waals surface area contributed by atoms with Crippen LogP contribution in [-0.2, 0) is 4.74 Å². The molecule has 0 aliphatic carbocycles. The Hall–Kier alpha value is -0.930. The first kappa shape index (κ1) is 13.1. The standard InChI is InChI=1S/C10H15NO2.ClH/c1-8-7-9(11)3-4-10(8)13-6-5-12-2;/h3-4,7H,5-6,11H2,1-2H3;1H. The fourth-order valence-corrected chi connectivity index (χ4v) is 1.07. The molecule has 0 amide bonds. The van der Waals surface area contributed by atoms with Gasteiger partial charge in [0.05, 0.1) is 6.61 Å². The van der Waals surface area contributed by atoms with Gasteiger partial charge in [-0.25, -0.2) is 0 Å². The van der Waals surface area contributed by atoms with Crippen molar-refractivity contribution in [3.05, 3.63) is 23.8 Å². The fourth-order valence-electron chi connectivity index (χ4n) is 1.07. The van der Waals surface area contributed by atoms with Crippen LogP contribution in [0.1, 0.15) is 5.56 Å². The molecule has 0 fully saturated rings. The van der Waals surface area contributed by atoms with Crippen molar-refractivity contribution in [2.45, 2.75) is 6.92 Å². The molecule has 1 rings (SSSR count). The van der Waals surface area contributed by atoms with Gasteiger partial charge in [-0.1, -0.05) is 0 Å². The number of ether oxygens (including phenoxy) is 2. The van der Waals surface area contributed by atoms with Crippen LogP contribution in [0.4, 0.5) is 5.69 Å². The number of halogens is 1. The highest BCUT2D eigenvalue weighted by atomic mass is 35.5. The summed E-state index contributed by atoms with van der Waals surface area (Å²) in [5.41, 5.74) is 7.41. The van der Waals surface area contributed by atoms with Gasteiger partial charge in [-0.2, -0.15) is 0 Å². The van der Waals surface area contributed by atoms with E-state index >= 15 is 0 Å². The number of nitrogens with two attached hydrogens (primary N) is 1. The molecular weight excluding hydrogens is 202 g/mol. The van der Waals surface area contributed by atoms with Crippen LogP contribution < -0.4 is 10.5 Å². The van der Waals surface area contributed by atoms with E-state index in [2.05, 4.69) is 0 Å². The summed E-state index contributed by atoms with van der Waals surface area (Å²) in [5, 5.41) is 0. The SMILES string of the molecule is COCCOc1ccc(N)cc1C.Cl. The van der Waals surface area contributed by atoms with Crippen molar-refractivity contribution in [3.63, 3.8) is 0 Å². The third-order valence-corrected chi connectivity index (χ3v) is 1.74. The normalized spacial score (nSPS) is 9.29. The molecule has 0 heterocycles. The van der Waals surface area contributed by atoms with E-state index in [0.29, 0.717) is 13.2 Å². The van der Waals surface area contributed by atoms with Gasteiger partial charge in [-0.15, -0.1) is 12.4 Å². The number of aryl methyl sites for hydroxylation is 1. The number of methoxy groups -OCH3 is 1. The Morgan fingerprint density at radius 3 is 2.57 bits per heavy atom. The molecule has 3 nitrogen and oxygen atoms in total. The lowest BCUT2D eigenvalue weighted by molar-refractivity contribution is 0.146. The van der Waals surface area contributed by atoms with Crippen LogP contribution in [0.2, 0.25) is 0 Å². The molecule has 0 aromatic heterocycles. The smallest absolute Gasteiger partial charge is 0.122 e. The zero-order valence-corrected chi connectivity index (χ0v) is 9.26. The minimum atomic E-state index is 0. The van der Waals surface area contributed by atoms with E-state index in [1.165, 1.54) is 0 Å². The van der Waals surface area contributed by atoms with Crippen LogP contribution in [-0.4, -0.2) is 20.3 Å². The molecule has 1 aromatic rings. The lowest BCUT2D eigenvalue weighted by Crippen LogP contribution is -2.05. The molecule has 0 saturated heterocycles. The molecule has 1 aromatic carbocycles. The van der Waals surface area contributed by atoms with E-state index in [0.717, 1.165) is 17.0 Å². The summed E-state index contributed by atoms with van der Waals surface area (Å²) < 4.78 is 10.3. The average molecular weight is 218 g/mol. The maximum Gasteiger partial charge on any atom is 0.122 e. The Morgan fingerprint density at radius 1 is 1.29 bits per heavy atom. The molecule has 0 radical (unpaired) electrons. The Balaban J connectivity index is 0.00000169. The Kier molecular flexibility index (Phi) is 6.08. The lowest BCUT2D eigenvalue weighted by Gasteiger charge is -2.08. The summed E-state index contributed by atoms with van der Waals surface area (Å²) in [6, 6.07) is 5.59. The first-order chi connectivity index (χ1) is 6.24. The number of anilines is 1. The van der Waals surface area contributed by atoms with Gasteiger partial charge in [0.2, 0.25) is 0 Å². The van der Waals surface area contributed by atoms with Gasteiger partial charge in [-0.05, 0) is 30.7 Å². The third-order valence-electron chi connectivity index (χ3n) is 1.74. The van der Waals surface area contributed by atoms with Crippen LogP contribution in [0.25, 0.3) is 0 Å². The van der Waals surface area contributed by atoms with E-state index in [1.54, 1.807) is 7.11 Å². The maximum atomic E-state index is 5.60. The predicted octanol–water partition coefficient (Wildman–Crippen LogP) is 2.02. The third kappa shape index (κ3) is 3.85. The summed E-state index contributed by atoms with van der Waals surface area (Å²) in [6.07, 6.45) is 0.